The van der Waals surface area contributed by atoms with E-state index in [2.05, 4.69) is 26.1 Å². The van der Waals surface area contributed by atoms with Crippen LogP contribution in [0.2, 0.25) is 10.0 Å². The van der Waals surface area contributed by atoms with Gasteiger partial charge in [-0.1, -0.05) is 62.2 Å². The van der Waals surface area contributed by atoms with Gasteiger partial charge in [-0.2, -0.15) is 0 Å². The number of hydrogen-bond donors (Lipinski definition) is 1. The zero-order chi connectivity index (χ0) is 18.6. The molecule has 0 aliphatic carbocycles. The molecule has 0 unspecified atom stereocenters. The number of carbonyl (C=O) groups is 1. The zero-order valence-corrected chi connectivity index (χ0v) is 16.4. The van der Waals surface area contributed by atoms with Crippen LogP contribution in [-0.2, 0) is 16.8 Å². The second-order valence-corrected chi connectivity index (χ2v) is 7.83. The minimum absolute atomic E-state index is 0.0827. The molecule has 2 aromatic carbocycles. The second kappa shape index (κ2) is 8.11. The normalized spacial score (nSPS) is 12.6. The summed E-state index contributed by atoms with van der Waals surface area (Å²) in [5.41, 5.74) is 2.11. The van der Waals surface area contributed by atoms with Crippen molar-refractivity contribution in [2.45, 2.75) is 45.8 Å². The lowest BCUT2D eigenvalue weighted by Gasteiger charge is -2.20. The Morgan fingerprint density at radius 1 is 1.12 bits per heavy atom. The van der Waals surface area contributed by atoms with Gasteiger partial charge in [-0.15, -0.1) is 0 Å². The van der Waals surface area contributed by atoms with E-state index in [4.69, 9.17) is 27.9 Å². The van der Waals surface area contributed by atoms with Crippen molar-refractivity contribution in [3.05, 3.63) is 63.6 Å². The molecule has 25 heavy (non-hydrogen) atoms. The highest BCUT2D eigenvalue weighted by Crippen LogP contribution is 2.25. The summed E-state index contributed by atoms with van der Waals surface area (Å²) in [4.78, 5) is 12.2. The largest absolute Gasteiger partial charge is 0.481 e. The van der Waals surface area contributed by atoms with E-state index in [1.165, 1.54) is 5.56 Å². The lowest BCUT2D eigenvalue weighted by molar-refractivity contribution is -0.127. The summed E-state index contributed by atoms with van der Waals surface area (Å²) in [5.74, 6) is 0.464. The summed E-state index contributed by atoms with van der Waals surface area (Å²) in [7, 11) is 0. The van der Waals surface area contributed by atoms with Gasteiger partial charge in [-0.05, 0) is 47.7 Å². The molecule has 134 valence electrons. The van der Waals surface area contributed by atoms with E-state index in [9.17, 15) is 4.79 Å². The van der Waals surface area contributed by atoms with Crippen LogP contribution in [0, 0.1) is 0 Å². The number of ether oxygens (including phenoxy) is 1. The van der Waals surface area contributed by atoms with Crippen molar-refractivity contribution >= 4 is 29.1 Å². The summed E-state index contributed by atoms with van der Waals surface area (Å²) in [6.07, 6.45) is -0.605. The highest BCUT2D eigenvalue weighted by atomic mass is 35.5. The smallest absolute Gasteiger partial charge is 0.261 e. The maximum atomic E-state index is 12.2. The number of amides is 1. The standard InChI is InChI=1S/C20H23Cl2NO2/c1-13(25-17-9-6-15(7-10-17)20(2,3)4)19(24)23-12-14-5-8-16(21)11-18(14)22/h5-11,13H,12H2,1-4H3,(H,23,24)/t13-/m1/s1. The molecule has 0 bridgehead atoms. The molecular formula is C20H23Cl2NO2. The van der Waals surface area contributed by atoms with Crippen LogP contribution in [-0.4, -0.2) is 12.0 Å². The van der Waals surface area contributed by atoms with Crippen LogP contribution in [0.3, 0.4) is 0 Å². The fourth-order valence-corrected chi connectivity index (χ4v) is 2.76. The average molecular weight is 380 g/mol. The SMILES string of the molecule is C[C@@H](Oc1ccc(C(C)(C)C)cc1)C(=O)NCc1ccc(Cl)cc1Cl. The van der Waals surface area contributed by atoms with Crippen molar-refractivity contribution in [2.24, 2.45) is 0 Å². The molecule has 0 aliphatic rings. The van der Waals surface area contributed by atoms with Gasteiger partial charge < -0.3 is 10.1 Å². The summed E-state index contributed by atoms with van der Waals surface area (Å²) in [6, 6.07) is 13.0. The van der Waals surface area contributed by atoms with E-state index >= 15 is 0 Å². The van der Waals surface area contributed by atoms with Crippen molar-refractivity contribution in [2.75, 3.05) is 0 Å². The van der Waals surface area contributed by atoms with Crippen LogP contribution in [0.1, 0.15) is 38.8 Å². The molecule has 0 saturated heterocycles. The highest BCUT2D eigenvalue weighted by molar-refractivity contribution is 6.35. The minimum atomic E-state index is -0.605. The van der Waals surface area contributed by atoms with Crippen molar-refractivity contribution in [3.8, 4) is 5.75 Å². The zero-order valence-electron chi connectivity index (χ0n) is 14.9. The molecule has 1 amide bonds. The molecule has 1 N–H and O–H groups in total. The molecule has 0 radical (unpaired) electrons. The van der Waals surface area contributed by atoms with Gasteiger partial charge >= 0.3 is 0 Å². The van der Waals surface area contributed by atoms with E-state index in [0.29, 0.717) is 22.3 Å². The second-order valence-electron chi connectivity index (χ2n) is 6.99. The van der Waals surface area contributed by atoms with E-state index in [1.54, 1.807) is 25.1 Å². The molecule has 2 rings (SSSR count). The molecule has 0 aliphatic heterocycles. The number of hydrogen-bond acceptors (Lipinski definition) is 2. The Kier molecular flexibility index (Phi) is 6.36. The summed E-state index contributed by atoms with van der Waals surface area (Å²) in [5, 5.41) is 3.92. The Morgan fingerprint density at radius 3 is 2.32 bits per heavy atom. The topological polar surface area (TPSA) is 38.3 Å². The van der Waals surface area contributed by atoms with Crippen LogP contribution < -0.4 is 10.1 Å². The first-order valence-corrected chi connectivity index (χ1v) is 8.91. The predicted molar refractivity (Wildman–Crippen MR) is 104 cm³/mol. The van der Waals surface area contributed by atoms with E-state index < -0.39 is 6.10 Å². The van der Waals surface area contributed by atoms with Crippen LogP contribution in [0.25, 0.3) is 0 Å². The van der Waals surface area contributed by atoms with Crippen molar-refractivity contribution in [3.63, 3.8) is 0 Å². The Labute approximate surface area is 159 Å². The number of nitrogens with one attached hydrogen (secondary N) is 1. The molecule has 2 aromatic rings. The van der Waals surface area contributed by atoms with Crippen LogP contribution in [0.4, 0.5) is 0 Å². The predicted octanol–water partition coefficient (Wildman–Crippen LogP) is 5.37. The van der Waals surface area contributed by atoms with Crippen molar-refractivity contribution < 1.29 is 9.53 Å². The average Bonchev–Trinajstić information content (AvgIpc) is 2.53. The van der Waals surface area contributed by atoms with Crippen LogP contribution in [0.15, 0.2) is 42.5 Å². The monoisotopic (exact) mass is 379 g/mol. The maximum absolute atomic E-state index is 12.2. The summed E-state index contributed by atoms with van der Waals surface area (Å²) >= 11 is 12.0. The molecule has 3 nitrogen and oxygen atoms in total. The summed E-state index contributed by atoms with van der Waals surface area (Å²) in [6.45, 7) is 8.50. The van der Waals surface area contributed by atoms with Gasteiger partial charge in [0, 0.05) is 16.6 Å². The van der Waals surface area contributed by atoms with Gasteiger partial charge in [0.1, 0.15) is 5.75 Å². The first-order chi connectivity index (χ1) is 11.7. The van der Waals surface area contributed by atoms with Gasteiger partial charge in [0.2, 0.25) is 0 Å². The molecular weight excluding hydrogens is 357 g/mol. The third kappa shape index (κ3) is 5.65. The molecule has 0 fully saturated rings. The van der Waals surface area contributed by atoms with Gasteiger partial charge in [0.05, 0.1) is 0 Å². The van der Waals surface area contributed by atoms with Gasteiger partial charge in [-0.25, -0.2) is 0 Å². The number of rotatable bonds is 5. The lowest BCUT2D eigenvalue weighted by atomic mass is 9.87. The molecule has 1 atom stereocenters. The third-order valence-electron chi connectivity index (χ3n) is 3.87. The summed E-state index contributed by atoms with van der Waals surface area (Å²) < 4.78 is 5.72. The van der Waals surface area contributed by atoms with E-state index in [1.807, 2.05) is 24.3 Å². The van der Waals surface area contributed by atoms with Gasteiger partial charge in [0.25, 0.3) is 5.91 Å². The van der Waals surface area contributed by atoms with Crippen molar-refractivity contribution in [1.82, 2.24) is 5.32 Å². The Hall–Kier alpha value is -1.71. The lowest BCUT2D eigenvalue weighted by Crippen LogP contribution is -2.36. The van der Waals surface area contributed by atoms with Gasteiger partial charge in [-0.3, -0.25) is 4.79 Å². The van der Waals surface area contributed by atoms with Gasteiger partial charge in [0.15, 0.2) is 6.10 Å². The molecule has 0 aromatic heterocycles. The van der Waals surface area contributed by atoms with E-state index in [0.717, 1.165) is 5.56 Å². The van der Waals surface area contributed by atoms with E-state index in [-0.39, 0.29) is 11.3 Å². The highest BCUT2D eigenvalue weighted by Gasteiger charge is 2.16. The Balaban J connectivity index is 1.91. The third-order valence-corrected chi connectivity index (χ3v) is 4.46. The first kappa shape index (κ1) is 19.6. The minimum Gasteiger partial charge on any atom is -0.481 e. The van der Waals surface area contributed by atoms with Crippen LogP contribution in [0.5, 0.6) is 5.75 Å². The maximum Gasteiger partial charge on any atom is 0.261 e. The fraction of sp³-hybridized carbons (Fsp3) is 0.350. The van der Waals surface area contributed by atoms with Crippen molar-refractivity contribution in [1.29, 1.82) is 0 Å². The fourth-order valence-electron chi connectivity index (χ4n) is 2.28. The number of benzene rings is 2. The number of halogens is 2. The first-order valence-electron chi connectivity index (χ1n) is 8.15. The quantitative estimate of drug-likeness (QED) is 0.757. The Morgan fingerprint density at radius 2 is 1.76 bits per heavy atom. The molecule has 0 heterocycles. The molecule has 5 heteroatoms. The Bertz CT molecular complexity index is 736. The van der Waals surface area contributed by atoms with Crippen LogP contribution >= 0.6 is 23.2 Å². The molecule has 0 saturated carbocycles. The molecule has 0 spiro atoms. The number of carbonyl (C=O) groups excluding carboxylic acids is 1.